The molecule has 0 fully saturated rings. The number of rotatable bonds is 5. The van der Waals surface area contributed by atoms with Crippen molar-refractivity contribution < 1.29 is 8.78 Å². The van der Waals surface area contributed by atoms with Crippen molar-refractivity contribution in [2.24, 2.45) is 0 Å². The summed E-state index contributed by atoms with van der Waals surface area (Å²) in [7, 11) is 0. The molecule has 0 aliphatic heterocycles. The number of hydrogen-bond donors (Lipinski definition) is 2. The van der Waals surface area contributed by atoms with Gasteiger partial charge in [0.25, 0.3) is 0 Å². The van der Waals surface area contributed by atoms with Crippen LogP contribution >= 0.6 is 0 Å². The van der Waals surface area contributed by atoms with E-state index >= 15 is 0 Å². The maximum Gasteiger partial charge on any atom is 0.151 e. The Hall–Kier alpha value is -3.06. The van der Waals surface area contributed by atoms with Crippen LogP contribution in [0.15, 0.2) is 48.7 Å². The van der Waals surface area contributed by atoms with Crippen molar-refractivity contribution in [2.45, 2.75) is 26.4 Å². The van der Waals surface area contributed by atoms with E-state index in [1.165, 1.54) is 16.8 Å². The summed E-state index contributed by atoms with van der Waals surface area (Å²) in [6, 6.07) is 11.3. The van der Waals surface area contributed by atoms with E-state index < -0.39 is 11.6 Å². The summed E-state index contributed by atoms with van der Waals surface area (Å²) in [6.07, 6.45) is 1.70. The molecule has 1 unspecified atom stereocenters. The molecule has 4 aromatic rings. The molecule has 4 rings (SSSR count). The van der Waals surface area contributed by atoms with E-state index in [1.807, 2.05) is 38.1 Å². The molecule has 0 saturated carbocycles. The van der Waals surface area contributed by atoms with Crippen LogP contribution in [0.25, 0.3) is 16.7 Å². The average molecular weight is 367 g/mol. The molecule has 27 heavy (non-hydrogen) atoms. The van der Waals surface area contributed by atoms with E-state index in [4.69, 9.17) is 0 Å². The standard InChI is InChI=1S/C20H19F2N5/c1-12(23-11-20-25-17-5-3-4-6-18(17)26-20)15-10-24-27(13(15)2)19-8-7-14(21)9-16(19)22/h3-10,12,23H,11H2,1-2H3,(H,25,26). The SMILES string of the molecule is Cc1c(C(C)NCc2nc3ccccc3[nH]2)cnn1-c1ccc(F)cc1F. The molecule has 1 atom stereocenters. The number of nitrogens with one attached hydrogen (secondary N) is 2. The minimum Gasteiger partial charge on any atom is -0.341 e. The van der Waals surface area contributed by atoms with Gasteiger partial charge in [0.15, 0.2) is 5.82 Å². The van der Waals surface area contributed by atoms with Crippen LogP contribution in [-0.2, 0) is 6.54 Å². The topological polar surface area (TPSA) is 58.5 Å². The Labute approximate surface area is 155 Å². The van der Waals surface area contributed by atoms with Crippen molar-refractivity contribution in [3.8, 4) is 5.69 Å². The van der Waals surface area contributed by atoms with E-state index in [2.05, 4.69) is 20.4 Å². The summed E-state index contributed by atoms with van der Waals surface area (Å²) in [6.45, 7) is 4.44. The predicted molar refractivity (Wildman–Crippen MR) is 99.6 cm³/mol. The van der Waals surface area contributed by atoms with Crippen LogP contribution < -0.4 is 5.32 Å². The molecule has 2 N–H and O–H groups in total. The first-order valence-corrected chi connectivity index (χ1v) is 8.70. The van der Waals surface area contributed by atoms with Gasteiger partial charge in [-0.05, 0) is 38.1 Å². The van der Waals surface area contributed by atoms with Crippen LogP contribution in [0.4, 0.5) is 8.78 Å². The molecule has 0 radical (unpaired) electrons. The lowest BCUT2D eigenvalue weighted by Gasteiger charge is -2.13. The van der Waals surface area contributed by atoms with Gasteiger partial charge >= 0.3 is 0 Å². The van der Waals surface area contributed by atoms with Crippen molar-refractivity contribution >= 4 is 11.0 Å². The molecule has 0 amide bonds. The van der Waals surface area contributed by atoms with Gasteiger partial charge < -0.3 is 10.3 Å². The molecule has 138 valence electrons. The Bertz CT molecular complexity index is 1070. The fourth-order valence-corrected chi connectivity index (χ4v) is 3.19. The van der Waals surface area contributed by atoms with Crippen LogP contribution in [-0.4, -0.2) is 19.7 Å². The van der Waals surface area contributed by atoms with E-state index in [9.17, 15) is 8.78 Å². The van der Waals surface area contributed by atoms with Crippen LogP contribution in [0.3, 0.4) is 0 Å². The molecule has 2 aromatic heterocycles. The highest BCUT2D eigenvalue weighted by Gasteiger charge is 2.16. The van der Waals surface area contributed by atoms with Gasteiger partial charge in [-0.1, -0.05) is 12.1 Å². The maximum absolute atomic E-state index is 14.1. The number of aromatic amines is 1. The summed E-state index contributed by atoms with van der Waals surface area (Å²) in [5, 5.41) is 7.68. The largest absolute Gasteiger partial charge is 0.341 e. The van der Waals surface area contributed by atoms with Gasteiger partial charge in [0.2, 0.25) is 0 Å². The van der Waals surface area contributed by atoms with Crippen LogP contribution in [0.2, 0.25) is 0 Å². The molecule has 0 aliphatic carbocycles. The first-order chi connectivity index (χ1) is 13.0. The van der Waals surface area contributed by atoms with Crippen molar-refractivity contribution in [1.29, 1.82) is 0 Å². The molecule has 0 bridgehead atoms. The number of imidazole rings is 1. The van der Waals surface area contributed by atoms with E-state index in [-0.39, 0.29) is 11.7 Å². The van der Waals surface area contributed by atoms with Gasteiger partial charge in [-0.3, -0.25) is 0 Å². The lowest BCUT2D eigenvalue weighted by molar-refractivity contribution is 0.558. The summed E-state index contributed by atoms with van der Waals surface area (Å²) in [5.74, 6) is -0.407. The van der Waals surface area contributed by atoms with Crippen molar-refractivity contribution in [1.82, 2.24) is 25.1 Å². The molecule has 0 spiro atoms. The number of para-hydroxylation sites is 2. The Morgan fingerprint density at radius 2 is 2.00 bits per heavy atom. The number of nitrogens with zero attached hydrogens (tertiary/aromatic N) is 3. The number of hydrogen-bond acceptors (Lipinski definition) is 3. The lowest BCUT2D eigenvalue weighted by Crippen LogP contribution is -2.19. The highest BCUT2D eigenvalue weighted by Crippen LogP contribution is 2.22. The molecule has 2 aromatic carbocycles. The Balaban J connectivity index is 1.52. The first-order valence-electron chi connectivity index (χ1n) is 8.70. The van der Waals surface area contributed by atoms with Crippen molar-refractivity contribution in [3.05, 3.63) is 77.4 Å². The number of halogens is 2. The van der Waals surface area contributed by atoms with Gasteiger partial charge in [-0.15, -0.1) is 0 Å². The van der Waals surface area contributed by atoms with Gasteiger partial charge in [-0.2, -0.15) is 5.10 Å². The highest BCUT2D eigenvalue weighted by molar-refractivity contribution is 5.74. The third kappa shape index (κ3) is 3.33. The fourth-order valence-electron chi connectivity index (χ4n) is 3.19. The zero-order chi connectivity index (χ0) is 19.0. The Kier molecular flexibility index (Phi) is 4.45. The number of aromatic nitrogens is 4. The van der Waals surface area contributed by atoms with Crippen LogP contribution in [0, 0.1) is 18.6 Å². The predicted octanol–water partition coefficient (Wildman–Crippen LogP) is 4.19. The van der Waals surface area contributed by atoms with Crippen LogP contribution in [0.5, 0.6) is 0 Å². The average Bonchev–Trinajstić information content (AvgIpc) is 3.23. The molecule has 0 aliphatic rings. The monoisotopic (exact) mass is 367 g/mol. The third-order valence-corrected chi connectivity index (χ3v) is 4.67. The first kappa shape index (κ1) is 17.4. The summed E-state index contributed by atoms with van der Waals surface area (Å²) in [4.78, 5) is 7.83. The minimum absolute atomic E-state index is 0.0181. The number of benzene rings is 2. The summed E-state index contributed by atoms with van der Waals surface area (Å²) >= 11 is 0. The zero-order valence-corrected chi connectivity index (χ0v) is 15.0. The molecule has 7 heteroatoms. The molecular weight excluding hydrogens is 348 g/mol. The fraction of sp³-hybridized carbons (Fsp3) is 0.200. The Morgan fingerprint density at radius 3 is 2.78 bits per heavy atom. The highest BCUT2D eigenvalue weighted by atomic mass is 19.1. The maximum atomic E-state index is 14.1. The van der Waals surface area contributed by atoms with Crippen molar-refractivity contribution in [2.75, 3.05) is 0 Å². The van der Waals surface area contributed by atoms with Gasteiger partial charge in [-0.25, -0.2) is 18.4 Å². The van der Waals surface area contributed by atoms with Gasteiger partial charge in [0, 0.05) is 23.4 Å². The second-order valence-electron chi connectivity index (χ2n) is 6.50. The quantitative estimate of drug-likeness (QED) is 0.556. The van der Waals surface area contributed by atoms with E-state index in [0.29, 0.717) is 6.54 Å². The Morgan fingerprint density at radius 1 is 1.19 bits per heavy atom. The lowest BCUT2D eigenvalue weighted by atomic mass is 10.1. The smallest absolute Gasteiger partial charge is 0.151 e. The normalized spacial score (nSPS) is 12.6. The van der Waals surface area contributed by atoms with Gasteiger partial charge in [0.1, 0.15) is 17.3 Å². The molecule has 0 saturated heterocycles. The number of H-pyrrole nitrogens is 1. The summed E-state index contributed by atoms with van der Waals surface area (Å²) < 4.78 is 28.7. The minimum atomic E-state index is -0.643. The van der Waals surface area contributed by atoms with Crippen molar-refractivity contribution in [3.63, 3.8) is 0 Å². The second-order valence-corrected chi connectivity index (χ2v) is 6.50. The summed E-state index contributed by atoms with van der Waals surface area (Å²) in [5.41, 5.74) is 3.89. The van der Waals surface area contributed by atoms with Gasteiger partial charge in [0.05, 0.1) is 23.8 Å². The third-order valence-electron chi connectivity index (χ3n) is 4.67. The molecule has 2 heterocycles. The molecular formula is C20H19F2N5. The van der Waals surface area contributed by atoms with Crippen LogP contribution in [0.1, 0.15) is 30.0 Å². The second kappa shape index (κ2) is 6.92. The number of fused-ring (bicyclic) bond motifs is 1. The molecule has 5 nitrogen and oxygen atoms in total. The zero-order valence-electron chi connectivity index (χ0n) is 15.0. The van der Waals surface area contributed by atoms with E-state index in [1.54, 1.807) is 6.20 Å². The van der Waals surface area contributed by atoms with E-state index in [0.717, 1.165) is 34.2 Å².